The average molecular weight is 773 g/mol. The largest absolute Gasteiger partial charge is 0.310 e. The van der Waals surface area contributed by atoms with Crippen LogP contribution in [0.5, 0.6) is 0 Å². The van der Waals surface area contributed by atoms with E-state index >= 15 is 0 Å². The molecule has 11 aromatic carbocycles. The van der Waals surface area contributed by atoms with E-state index in [2.05, 4.69) is 185 Å². The Labute approximate surface area is 346 Å². The van der Waals surface area contributed by atoms with Crippen LogP contribution < -0.4 is 16.4 Å². The first-order valence-corrected chi connectivity index (χ1v) is 21.8. The summed E-state index contributed by atoms with van der Waals surface area (Å²) >= 11 is 1.93. The number of nitrogens with zero attached hydrogens (tertiary/aromatic N) is 2. The van der Waals surface area contributed by atoms with Gasteiger partial charge in [-0.2, -0.15) is 0 Å². The zero-order chi connectivity index (χ0) is 38.5. The van der Waals surface area contributed by atoms with Crippen molar-refractivity contribution < 1.29 is 0 Å². The molecule has 272 valence electrons. The van der Waals surface area contributed by atoms with Crippen LogP contribution in [-0.2, 0) is 0 Å². The number of thiophene rings is 1. The van der Waals surface area contributed by atoms with Crippen molar-refractivity contribution in [1.29, 1.82) is 0 Å². The normalized spacial score (nSPS) is 13.3. The first-order chi connectivity index (χ1) is 29.8. The van der Waals surface area contributed by atoms with Gasteiger partial charge in [0.15, 0.2) is 0 Å². The van der Waals surface area contributed by atoms with Gasteiger partial charge in [0.2, 0.25) is 0 Å². The summed E-state index contributed by atoms with van der Waals surface area (Å²) in [6, 6.07) is 67.1. The van der Waals surface area contributed by atoms with Gasteiger partial charge in [-0.05, 0) is 106 Å². The van der Waals surface area contributed by atoms with Gasteiger partial charge in [-0.1, -0.05) is 146 Å². The van der Waals surface area contributed by atoms with Crippen LogP contribution in [0.25, 0.3) is 129 Å². The molecule has 0 saturated carbocycles. The van der Waals surface area contributed by atoms with E-state index in [0.717, 1.165) is 0 Å². The fourth-order valence-corrected chi connectivity index (χ4v) is 13.4. The lowest BCUT2D eigenvalue weighted by atomic mass is 9.34. The summed E-state index contributed by atoms with van der Waals surface area (Å²) in [4.78, 5) is 0. The second-order valence-corrected chi connectivity index (χ2v) is 18.1. The predicted molar refractivity (Wildman–Crippen MR) is 260 cm³/mol. The van der Waals surface area contributed by atoms with Crippen molar-refractivity contribution in [3.05, 3.63) is 176 Å². The third kappa shape index (κ3) is 3.39. The number of hydrogen-bond acceptors (Lipinski definition) is 1. The molecule has 0 aliphatic carbocycles. The van der Waals surface area contributed by atoms with Crippen LogP contribution in [0.2, 0.25) is 0 Å². The minimum atomic E-state index is 0.0627. The minimum Gasteiger partial charge on any atom is -0.310 e. The topological polar surface area (TPSA) is 9.86 Å². The standard InChI is InChI=1S/C56H29BN2S/c1-4-17-34-30(13-1)31-14-2-5-18-35(31)41-29-48-43(27-40(34)41)51-50-37-20-8-7-16-33(37)32-15-3-6-19-36(32)42(50)28-45-55(51)58(48)46-24-12-25-47-52(46)57(45)44-23-11-22-39-53(44)59(47)54-38-21-9-10-26-49(38)60-56(39)54/h1-29H. The van der Waals surface area contributed by atoms with E-state index in [9.17, 15) is 0 Å². The van der Waals surface area contributed by atoms with Gasteiger partial charge in [-0.15, -0.1) is 11.3 Å². The van der Waals surface area contributed by atoms with Crippen LogP contribution in [0.1, 0.15) is 0 Å². The first kappa shape index (κ1) is 30.7. The second kappa shape index (κ2) is 10.4. The molecule has 60 heavy (non-hydrogen) atoms. The SMILES string of the molecule is c1cc2c3c(c1)-n1c4c(cccc4c4sc5ccccc5c41)B3c1cc3c4ccccc4c4ccccc4c3c3c4cc5c6ccccc6c6ccccc6c5cc4n-2c13. The summed E-state index contributed by atoms with van der Waals surface area (Å²) in [6.07, 6.45) is 0. The van der Waals surface area contributed by atoms with Crippen molar-refractivity contribution in [2.45, 2.75) is 0 Å². The Morgan fingerprint density at radius 1 is 0.333 bits per heavy atom. The highest BCUT2D eigenvalue weighted by atomic mass is 32.1. The summed E-state index contributed by atoms with van der Waals surface area (Å²) in [5.41, 5.74) is 12.0. The lowest BCUT2D eigenvalue weighted by Gasteiger charge is -2.34. The molecule has 0 radical (unpaired) electrons. The minimum absolute atomic E-state index is 0.0627. The summed E-state index contributed by atoms with van der Waals surface area (Å²) in [6.45, 7) is 0.0627. The third-order valence-corrected chi connectivity index (χ3v) is 15.6. The van der Waals surface area contributed by atoms with Crippen LogP contribution in [0.15, 0.2) is 176 Å². The maximum atomic E-state index is 2.67. The van der Waals surface area contributed by atoms with Crippen LogP contribution in [0, 0.1) is 0 Å². The number of benzene rings is 11. The zero-order valence-corrected chi connectivity index (χ0v) is 32.9. The van der Waals surface area contributed by atoms with E-state index in [1.807, 2.05) is 11.3 Å². The van der Waals surface area contributed by atoms with E-state index in [4.69, 9.17) is 0 Å². The predicted octanol–water partition coefficient (Wildman–Crippen LogP) is 13.2. The molecule has 4 heteroatoms. The fourth-order valence-electron chi connectivity index (χ4n) is 12.2. The molecule has 3 aromatic heterocycles. The summed E-state index contributed by atoms with van der Waals surface area (Å²) < 4.78 is 8.01. The molecule has 5 heterocycles. The summed E-state index contributed by atoms with van der Waals surface area (Å²) in [5, 5.41) is 21.1. The van der Waals surface area contributed by atoms with E-state index in [1.54, 1.807) is 0 Å². The molecule has 2 aliphatic rings. The monoisotopic (exact) mass is 772 g/mol. The van der Waals surface area contributed by atoms with Crippen molar-refractivity contribution in [2.24, 2.45) is 0 Å². The average Bonchev–Trinajstić information content (AvgIpc) is 3.97. The molecular formula is C56H29BN2S. The molecule has 14 aromatic rings. The van der Waals surface area contributed by atoms with Gasteiger partial charge in [-0.25, -0.2) is 0 Å². The lowest BCUT2D eigenvalue weighted by Crippen LogP contribution is -2.59. The number of aromatic nitrogens is 2. The molecule has 2 aliphatic heterocycles. The molecule has 2 nitrogen and oxygen atoms in total. The quantitative estimate of drug-likeness (QED) is 0.107. The molecule has 0 saturated heterocycles. The molecule has 0 unspecified atom stereocenters. The highest BCUT2D eigenvalue weighted by Crippen LogP contribution is 2.48. The van der Waals surface area contributed by atoms with Crippen LogP contribution in [-0.4, -0.2) is 15.8 Å². The van der Waals surface area contributed by atoms with Crippen LogP contribution in [0.3, 0.4) is 0 Å². The summed E-state index contributed by atoms with van der Waals surface area (Å²) in [7, 11) is 0. The van der Waals surface area contributed by atoms with Gasteiger partial charge >= 0.3 is 0 Å². The Balaban J connectivity index is 1.20. The molecule has 16 rings (SSSR count). The Bertz CT molecular complexity index is 4370. The number of hydrogen-bond donors (Lipinski definition) is 0. The van der Waals surface area contributed by atoms with Gasteiger partial charge in [0.1, 0.15) is 0 Å². The Morgan fingerprint density at radius 3 is 1.57 bits per heavy atom. The molecule has 0 atom stereocenters. The third-order valence-electron chi connectivity index (χ3n) is 14.4. The molecule has 0 fully saturated rings. The maximum Gasteiger partial charge on any atom is 0.252 e. The zero-order valence-electron chi connectivity index (χ0n) is 32.1. The highest BCUT2D eigenvalue weighted by molar-refractivity contribution is 7.26. The van der Waals surface area contributed by atoms with Crippen molar-refractivity contribution in [2.75, 3.05) is 0 Å². The van der Waals surface area contributed by atoms with E-state index in [1.165, 1.54) is 145 Å². The molecular weight excluding hydrogens is 744 g/mol. The number of fused-ring (bicyclic) bond motifs is 25. The second-order valence-electron chi connectivity index (χ2n) is 17.0. The Hall–Kier alpha value is -7.40. The van der Waals surface area contributed by atoms with Crippen molar-refractivity contribution in [3.63, 3.8) is 0 Å². The van der Waals surface area contributed by atoms with Crippen LogP contribution in [0.4, 0.5) is 0 Å². The Morgan fingerprint density at radius 2 is 0.867 bits per heavy atom. The Kier molecular flexibility index (Phi) is 5.32. The fraction of sp³-hybridized carbons (Fsp3) is 0. The van der Waals surface area contributed by atoms with E-state index in [0.29, 0.717) is 0 Å². The first-order valence-electron chi connectivity index (χ1n) is 21.0. The maximum absolute atomic E-state index is 2.67. The number of rotatable bonds is 0. The van der Waals surface area contributed by atoms with Gasteiger partial charge in [0.25, 0.3) is 6.71 Å². The molecule has 0 N–H and O–H groups in total. The van der Waals surface area contributed by atoms with E-state index in [-0.39, 0.29) is 6.71 Å². The molecule has 0 amide bonds. The van der Waals surface area contributed by atoms with Crippen molar-refractivity contribution in [3.8, 4) is 11.4 Å². The van der Waals surface area contributed by atoms with Gasteiger partial charge in [0, 0.05) is 43.0 Å². The van der Waals surface area contributed by atoms with Crippen molar-refractivity contribution in [1.82, 2.24) is 9.13 Å². The summed E-state index contributed by atoms with van der Waals surface area (Å²) in [5.74, 6) is 0. The van der Waals surface area contributed by atoms with Gasteiger partial charge < -0.3 is 9.13 Å². The smallest absolute Gasteiger partial charge is 0.252 e. The van der Waals surface area contributed by atoms with Crippen LogP contribution >= 0.6 is 11.3 Å². The van der Waals surface area contributed by atoms with Gasteiger partial charge in [-0.3, -0.25) is 0 Å². The number of para-hydroxylation sites is 1. The molecule has 0 bridgehead atoms. The molecule has 0 spiro atoms. The van der Waals surface area contributed by atoms with Crippen molar-refractivity contribution >= 4 is 152 Å². The van der Waals surface area contributed by atoms with Gasteiger partial charge in [0.05, 0.1) is 26.8 Å². The lowest BCUT2D eigenvalue weighted by molar-refractivity contribution is 1.15. The highest BCUT2D eigenvalue weighted by Gasteiger charge is 2.42. The van der Waals surface area contributed by atoms with E-state index < -0.39 is 0 Å².